The molecule has 0 spiro atoms. The summed E-state index contributed by atoms with van der Waals surface area (Å²) in [5.74, 6) is 0.980. The molecule has 2 nitrogen and oxygen atoms in total. The van der Waals surface area contributed by atoms with Crippen LogP contribution in [-0.4, -0.2) is 12.9 Å². The molecule has 110 valence electrons. The zero-order valence-corrected chi connectivity index (χ0v) is 13.1. The van der Waals surface area contributed by atoms with E-state index >= 15 is 0 Å². The van der Waals surface area contributed by atoms with E-state index in [1.807, 2.05) is 55.5 Å². The third-order valence-corrected chi connectivity index (χ3v) is 3.92. The van der Waals surface area contributed by atoms with Crippen LogP contribution in [0.5, 0.6) is 5.75 Å². The number of carbonyl (C=O) groups is 1. The van der Waals surface area contributed by atoms with Crippen LogP contribution in [0.1, 0.15) is 30.4 Å². The van der Waals surface area contributed by atoms with Crippen molar-refractivity contribution in [3.05, 3.63) is 64.7 Å². The second-order valence-corrected chi connectivity index (χ2v) is 5.52. The van der Waals surface area contributed by atoms with Crippen molar-refractivity contribution >= 4 is 17.4 Å². The molecule has 2 rings (SSSR count). The summed E-state index contributed by atoms with van der Waals surface area (Å²) in [4.78, 5) is 12.3. The highest BCUT2D eigenvalue weighted by Gasteiger charge is 2.14. The van der Waals surface area contributed by atoms with Crippen molar-refractivity contribution in [1.82, 2.24) is 0 Å². The zero-order valence-electron chi connectivity index (χ0n) is 12.3. The molecule has 3 heteroatoms. The molecule has 0 N–H and O–H groups in total. The standard InChI is InChI=1S/C18H19ClO2/c1-13(15-6-8-16(19)9-7-15)18(20)12-5-14-3-10-17(21-2)11-4-14/h3-4,6-11,13H,5,12H2,1-2H3/t13-/m1/s1. The number of methoxy groups -OCH3 is 1. The molecule has 0 aliphatic carbocycles. The van der Waals surface area contributed by atoms with Gasteiger partial charge in [-0.25, -0.2) is 0 Å². The fourth-order valence-electron chi connectivity index (χ4n) is 2.21. The van der Waals surface area contributed by atoms with Crippen LogP contribution in [0, 0.1) is 0 Å². The summed E-state index contributed by atoms with van der Waals surface area (Å²) in [6, 6.07) is 15.3. The molecule has 0 aromatic heterocycles. The first-order valence-corrected chi connectivity index (χ1v) is 7.39. The van der Waals surface area contributed by atoms with E-state index in [0.717, 1.165) is 23.3 Å². The first-order chi connectivity index (χ1) is 10.1. The highest BCUT2D eigenvalue weighted by Crippen LogP contribution is 2.21. The predicted molar refractivity (Wildman–Crippen MR) is 86.2 cm³/mol. The Hall–Kier alpha value is -1.80. The van der Waals surface area contributed by atoms with Crippen LogP contribution in [0.3, 0.4) is 0 Å². The summed E-state index contributed by atoms with van der Waals surface area (Å²) in [5.41, 5.74) is 2.16. The lowest BCUT2D eigenvalue weighted by Crippen LogP contribution is -2.10. The van der Waals surface area contributed by atoms with Crippen LogP contribution >= 0.6 is 11.6 Å². The van der Waals surface area contributed by atoms with Crippen molar-refractivity contribution in [2.24, 2.45) is 0 Å². The zero-order chi connectivity index (χ0) is 15.2. The lowest BCUT2D eigenvalue weighted by atomic mass is 9.93. The molecule has 0 saturated carbocycles. The van der Waals surface area contributed by atoms with Crippen molar-refractivity contribution in [2.75, 3.05) is 7.11 Å². The van der Waals surface area contributed by atoms with Gasteiger partial charge >= 0.3 is 0 Å². The van der Waals surface area contributed by atoms with Gasteiger partial charge in [-0.2, -0.15) is 0 Å². The maximum Gasteiger partial charge on any atom is 0.140 e. The maximum absolute atomic E-state index is 12.3. The highest BCUT2D eigenvalue weighted by molar-refractivity contribution is 6.30. The third kappa shape index (κ3) is 4.33. The molecule has 21 heavy (non-hydrogen) atoms. The summed E-state index contributed by atoms with van der Waals surface area (Å²) in [6.07, 6.45) is 1.29. The first-order valence-electron chi connectivity index (χ1n) is 7.01. The molecule has 0 saturated heterocycles. The van der Waals surface area contributed by atoms with E-state index in [0.29, 0.717) is 11.4 Å². The van der Waals surface area contributed by atoms with E-state index in [-0.39, 0.29) is 11.7 Å². The van der Waals surface area contributed by atoms with Crippen LogP contribution < -0.4 is 4.74 Å². The molecular formula is C18H19ClO2. The first kappa shape index (κ1) is 15.6. The lowest BCUT2D eigenvalue weighted by Gasteiger charge is -2.11. The Morgan fingerprint density at radius 1 is 1.10 bits per heavy atom. The Labute approximate surface area is 130 Å². The van der Waals surface area contributed by atoms with Crippen molar-refractivity contribution in [3.63, 3.8) is 0 Å². The molecule has 0 amide bonds. The van der Waals surface area contributed by atoms with Gasteiger partial charge in [-0.3, -0.25) is 4.79 Å². The fourth-order valence-corrected chi connectivity index (χ4v) is 2.34. The van der Waals surface area contributed by atoms with Crippen molar-refractivity contribution in [2.45, 2.75) is 25.7 Å². The van der Waals surface area contributed by atoms with Gasteiger partial charge in [0, 0.05) is 17.4 Å². The SMILES string of the molecule is COc1ccc(CCC(=O)[C@H](C)c2ccc(Cl)cc2)cc1. The number of carbonyl (C=O) groups excluding carboxylic acids is 1. The van der Waals surface area contributed by atoms with Crippen molar-refractivity contribution in [1.29, 1.82) is 0 Å². The number of ketones is 1. The minimum Gasteiger partial charge on any atom is -0.497 e. The minimum absolute atomic E-state index is 0.0967. The van der Waals surface area contributed by atoms with E-state index in [1.54, 1.807) is 7.11 Å². The van der Waals surface area contributed by atoms with Gasteiger partial charge in [0.1, 0.15) is 11.5 Å². The summed E-state index contributed by atoms with van der Waals surface area (Å²) in [7, 11) is 1.65. The van der Waals surface area contributed by atoms with Crippen LogP contribution in [0.4, 0.5) is 0 Å². The van der Waals surface area contributed by atoms with Gasteiger partial charge in [-0.1, -0.05) is 42.8 Å². The summed E-state index contributed by atoms with van der Waals surface area (Å²) < 4.78 is 5.12. The summed E-state index contributed by atoms with van der Waals surface area (Å²) in [5, 5.41) is 0.691. The Kier molecular flexibility index (Phi) is 5.40. The molecule has 0 bridgehead atoms. The Bertz CT molecular complexity index is 588. The van der Waals surface area contributed by atoms with Crippen LogP contribution in [0.25, 0.3) is 0 Å². The quantitative estimate of drug-likeness (QED) is 0.776. The molecule has 1 atom stereocenters. The van der Waals surface area contributed by atoms with E-state index in [2.05, 4.69) is 0 Å². The number of aryl methyl sites for hydroxylation is 1. The molecule has 0 aliphatic rings. The van der Waals surface area contributed by atoms with E-state index in [4.69, 9.17) is 16.3 Å². The third-order valence-electron chi connectivity index (χ3n) is 3.67. The van der Waals surface area contributed by atoms with Gasteiger partial charge in [0.2, 0.25) is 0 Å². The predicted octanol–water partition coefficient (Wildman–Crippen LogP) is 4.65. The van der Waals surface area contributed by atoms with E-state index < -0.39 is 0 Å². The summed E-state index contributed by atoms with van der Waals surface area (Å²) >= 11 is 5.87. The van der Waals surface area contributed by atoms with Crippen molar-refractivity contribution < 1.29 is 9.53 Å². The second-order valence-electron chi connectivity index (χ2n) is 5.09. The van der Waals surface area contributed by atoms with E-state index in [9.17, 15) is 4.79 Å². The molecule has 2 aromatic carbocycles. The normalized spacial score (nSPS) is 12.0. The number of hydrogen-bond acceptors (Lipinski definition) is 2. The number of benzene rings is 2. The van der Waals surface area contributed by atoms with Gasteiger partial charge in [-0.05, 0) is 41.8 Å². The molecule has 2 aromatic rings. The monoisotopic (exact) mass is 302 g/mol. The lowest BCUT2D eigenvalue weighted by molar-refractivity contribution is -0.120. The Morgan fingerprint density at radius 2 is 1.71 bits per heavy atom. The molecule has 0 aliphatic heterocycles. The van der Waals surface area contributed by atoms with E-state index in [1.165, 1.54) is 0 Å². The minimum atomic E-state index is -0.0967. The van der Waals surface area contributed by atoms with Gasteiger partial charge < -0.3 is 4.74 Å². The van der Waals surface area contributed by atoms with Gasteiger partial charge in [-0.15, -0.1) is 0 Å². The number of hydrogen-bond donors (Lipinski definition) is 0. The number of rotatable bonds is 6. The maximum atomic E-state index is 12.3. The Balaban J connectivity index is 1.92. The largest absolute Gasteiger partial charge is 0.497 e. The second kappa shape index (κ2) is 7.28. The summed E-state index contributed by atoms with van der Waals surface area (Å²) in [6.45, 7) is 1.94. The van der Waals surface area contributed by atoms with Crippen molar-refractivity contribution in [3.8, 4) is 5.75 Å². The van der Waals surface area contributed by atoms with Gasteiger partial charge in [0.15, 0.2) is 0 Å². The Morgan fingerprint density at radius 3 is 2.29 bits per heavy atom. The smallest absolute Gasteiger partial charge is 0.140 e. The van der Waals surface area contributed by atoms with Crippen LogP contribution in [0.15, 0.2) is 48.5 Å². The average Bonchev–Trinajstić information content (AvgIpc) is 2.53. The number of Topliss-reactive ketones (excluding diaryl/α,β-unsaturated/α-hetero) is 1. The van der Waals surface area contributed by atoms with Crippen LogP contribution in [-0.2, 0) is 11.2 Å². The fraction of sp³-hybridized carbons (Fsp3) is 0.278. The molecular weight excluding hydrogens is 284 g/mol. The molecule has 0 heterocycles. The molecule has 0 fully saturated rings. The average molecular weight is 303 g/mol. The molecule has 0 unspecified atom stereocenters. The van der Waals surface area contributed by atoms with Crippen LogP contribution in [0.2, 0.25) is 5.02 Å². The highest BCUT2D eigenvalue weighted by atomic mass is 35.5. The van der Waals surface area contributed by atoms with Gasteiger partial charge in [0.25, 0.3) is 0 Å². The topological polar surface area (TPSA) is 26.3 Å². The van der Waals surface area contributed by atoms with Gasteiger partial charge in [0.05, 0.1) is 7.11 Å². The number of halogens is 1. The number of ether oxygens (including phenoxy) is 1. The molecule has 0 radical (unpaired) electrons.